The third-order valence-corrected chi connectivity index (χ3v) is 3.06. The van der Waals surface area contributed by atoms with Crippen molar-refractivity contribution < 1.29 is 23.9 Å². The second kappa shape index (κ2) is 9.22. The molecule has 0 aliphatic carbocycles. The lowest BCUT2D eigenvalue weighted by Crippen LogP contribution is -2.22. The molecule has 1 atom stereocenters. The molecular formula is C19H19NO5. The van der Waals surface area contributed by atoms with E-state index in [1.54, 1.807) is 44.2 Å². The smallest absolute Gasteiger partial charge is 0.458 e. The lowest BCUT2D eigenvalue weighted by molar-refractivity contribution is -0.157. The van der Waals surface area contributed by atoms with Crippen LogP contribution in [0.25, 0.3) is 0 Å². The van der Waals surface area contributed by atoms with Crippen molar-refractivity contribution >= 4 is 17.8 Å². The highest BCUT2D eigenvalue weighted by Crippen LogP contribution is 2.20. The number of nitrogens with zero attached hydrogens (tertiary/aromatic N) is 1. The predicted octanol–water partition coefficient (Wildman–Crippen LogP) is 4.02. The minimum absolute atomic E-state index is 0.0770. The van der Waals surface area contributed by atoms with Crippen LogP contribution >= 0.6 is 0 Å². The van der Waals surface area contributed by atoms with E-state index in [9.17, 15) is 9.59 Å². The van der Waals surface area contributed by atoms with Crippen LogP contribution in [0.4, 0.5) is 4.79 Å². The van der Waals surface area contributed by atoms with Gasteiger partial charge in [-0.05, 0) is 19.4 Å². The standard InChI is InChI=1S/C19H19NO5/c1-14(2)20-25-19(22)24-17(16-11-7-4-8-12-16)18(21)23-13-15-9-5-3-6-10-15/h3-12,17H,13H2,1-2H3. The molecule has 0 radical (unpaired) electrons. The van der Waals surface area contributed by atoms with Crippen LogP contribution in [0.15, 0.2) is 65.8 Å². The first-order valence-electron chi connectivity index (χ1n) is 7.70. The Labute approximate surface area is 146 Å². The highest BCUT2D eigenvalue weighted by Gasteiger charge is 2.27. The molecule has 0 fully saturated rings. The molecule has 130 valence electrons. The molecule has 2 aromatic rings. The number of hydrogen-bond acceptors (Lipinski definition) is 6. The van der Waals surface area contributed by atoms with E-state index >= 15 is 0 Å². The van der Waals surface area contributed by atoms with Crippen LogP contribution in [0.3, 0.4) is 0 Å². The molecule has 0 aliphatic heterocycles. The number of hydrogen-bond donors (Lipinski definition) is 0. The zero-order valence-electron chi connectivity index (χ0n) is 14.0. The Balaban J connectivity index is 2.07. The SMILES string of the molecule is CC(C)=NOC(=O)OC(C(=O)OCc1ccccc1)c1ccccc1. The second-order valence-corrected chi connectivity index (χ2v) is 5.38. The first-order chi connectivity index (χ1) is 12.1. The van der Waals surface area contributed by atoms with E-state index in [4.69, 9.17) is 9.47 Å². The van der Waals surface area contributed by atoms with Gasteiger partial charge in [-0.3, -0.25) is 4.84 Å². The van der Waals surface area contributed by atoms with Crippen molar-refractivity contribution in [2.24, 2.45) is 5.16 Å². The van der Waals surface area contributed by atoms with Crippen molar-refractivity contribution in [1.82, 2.24) is 0 Å². The van der Waals surface area contributed by atoms with Crippen LogP contribution in [0.2, 0.25) is 0 Å². The van der Waals surface area contributed by atoms with Crippen LogP contribution in [-0.2, 0) is 25.7 Å². The maximum absolute atomic E-state index is 12.4. The fourth-order valence-corrected chi connectivity index (χ4v) is 1.93. The summed E-state index contributed by atoms with van der Waals surface area (Å²) in [5.41, 5.74) is 1.85. The van der Waals surface area contributed by atoms with Gasteiger partial charge in [0.1, 0.15) is 6.61 Å². The Morgan fingerprint density at radius 2 is 1.56 bits per heavy atom. The quantitative estimate of drug-likeness (QED) is 0.343. The monoisotopic (exact) mass is 341 g/mol. The Bertz CT molecular complexity index is 724. The number of carbonyl (C=O) groups excluding carboxylic acids is 2. The number of carbonyl (C=O) groups is 2. The normalized spacial score (nSPS) is 11.1. The molecule has 0 saturated carbocycles. The van der Waals surface area contributed by atoms with E-state index in [1.165, 1.54) is 0 Å². The Morgan fingerprint density at radius 3 is 2.16 bits per heavy atom. The van der Waals surface area contributed by atoms with Gasteiger partial charge in [-0.25, -0.2) is 9.59 Å². The fourth-order valence-electron chi connectivity index (χ4n) is 1.93. The Kier molecular flexibility index (Phi) is 6.71. The lowest BCUT2D eigenvalue weighted by atomic mass is 10.1. The van der Waals surface area contributed by atoms with Gasteiger partial charge in [-0.15, -0.1) is 0 Å². The number of esters is 1. The molecule has 25 heavy (non-hydrogen) atoms. The van der Waals surface area contributed by atoms with Crippen LogP contribution < -0.4 is 0 Å². The van der Waals surface area contributed by atoms with E-state index < -0.39 is 18.2 Å². The van der Waals surface area contributed by atoms with Crippen molar-refractivity contribution in [2.45, 2.75) is 26.6 Å². The summed E-state index contributed by atoms with van der Waals surface area (Å²) in [5, 5.41) is 3.51. The average Bonchev–Trinajstić information content (AvgIpc) is 2.64. The molecule has 6 heteroatoms. The topological polar surface area (TPSA) is 74.2 Å². The van der Waals surface area contributed by atoms with E-state index in [-0.39, 0.29) is 6.61 Å². The summed E-state index contributed by atoms with van der Waals surface area (Å²) in [7, 11) is 0. The molecule has 0 heterocycles. The van der Waals surface area contributed by atoms with Gasteiger partial charge in [-0.2, -0.15) is 0 Å². The zero-order chi connectivity index (χ0) is 18.1. The van der Waals surface area contributed by atoms with Crippen molar-refractivity contribution in [3.63, 3.8) is 0 Å². The first-order valence-corrected chi connectivity index (χ1v) is 7.70. The fraction of sp³-hybridized carbons (Fsp3) is 0.211. The van der Waals surface area contributed by atoms with Gasteiger partial charge in [0.2, 0.25) is 6.10 Å². The van der Waals surface area contributed by atoms with Crippen molar-refractivity contribution in [3.05, 3.63) is 71.8 Å². The number of benzene rings is 2. The summed E-state index contributed by atoms with van der Waals surface area (Å²) in [6, 6.07) is 17.8. The molecule has 0 saturated heterocycles. The van der Waals surface area contributed by atoms with Gasteiger partial charge < -0.3 is 9.47 Å². The molecule has 0 aromatic heterocycles. The van der Waals surface area contributed by atoms with E-state index in [0.29, 0.717) is 11.3 Å². The van der Waals surface area contributed by atoms with Gasteiger partial charge >= 0.3 is 12.1 Å². The minimum atomic E-state index is -1.23. The van der Waals surface area contributed by atoms with Crippen LogP contribution in [-0.4, -0.2) is 17.8 Å². The Hall–Kier alpha value is -3.15. The first kappa shape index (κ1) is 18.2. The second-order valence-electron chi connectivity index (χ2n) is 5.38. The maximum atomic E-state index is 12.4. The molecule has 2 rings (SSSR count). The molecule has 0 amide bonds. The van der Waals surface area contributed by atoms with Crippen LogP contribution in [0.1, 0.15) is 31.1 Å². The molecular weight excluding hydrogens is 322 g/mol. The van der Waals surface area contributed by atoms with Crippen molar-refractivity contribution in [3.8, 4) is 0 Å². The van der Waals surface area contributed by atoms with Crippen molar-refractivity contribution in [1.29, 1.82) is 0 Å². The molecule has 0 bridgehead atoms. The largest absolute Gasteiger partial charge is 0.536 e. The zero-order valence-corrected chi connectivity index (χ0v) is 14.0. The van der Waals surface area contributed by atoms with Crippen molar-refractivity contribution in [2.75, 3.05) is 0 Å². The minimum Gasteiger partial charge on any atom is -0.458 e. The summed E-state index contributed by atoms with van der Waals surface area (Å²) < 4.78 is 10.4. The van der Waals surface area contributed by atoms with Gasteiger partial charge in [0.05, 0.1) is 5.71 Å². The highest BCUT2D eigenvalue weighted by molar-refractivity contribution is 5.80. The summed E-state index contributed by atoms with van der Waals surface area (Å²) in [4.78, 5) is 28.7. The van der Waals surface area contributed by atoms with Crippen LogP contribution in [0.5, 0.6) is 0 Å². The molecule has 0 N–H and O–H groups in total. The molecule has 1 unspecified atom stereocenters. The third kappa shape index (κ3) is 6.10. The molecule has 2 aromatic carbocycles. The van der Waals surface area contributed by atoms with Crippen LogP contribution in [0, 0.1) is 0 Å². The van der Waals surface area contributed by atoms with E-state index in [0.717, 1.165) is 5.56 Å². The van der Waals surface area contributed by atoms with Gasteiger partial charge in [0, 0.05) is 5.56 Å². The van der Waals surface area contributed by atoms with E-state index in [1.807, 2.05) is 30.3 Å². The number of rotatable bonds is 6. The molecule has 0 aliphatic rings. The molecule has 6 nitrogen and oxygen atoms in total. The highest BCUT2D eigenvalue weighted by atomic mass is 16.8. The maximum Gasteiger partial charge on any atom is 0.536 e. The number of ether oxygens (including phenoxy) is 2. The third-order valence-electron chi connectivity index (χ3n) is 3.06. The summed E-state index contributed by atoms with van der Waals surface area (Å²) >= 11 is 0. The summed E-state index contributed by atoms with van der Waals surface area (Å²) in [5.74, 6) is -0.691. The molecule has 0 spiro atoms. The summed E-state index contributed by atoms with van der Waals surface area (Å²) in [6.07, 6.45) is -2.31. The van der Waals surface area contributed by atoms with Gasteiger partial charge in [0.15, 0.2) is 0 Å². The lowest BCUT2D eigenvalue weighted by Gasteiger charge is -2.16. The van der Waals surface area contributed by atoms with Gasteiger partial charge in [0.25, 0.3) is 0 Å². The Morgan fingerprint density at radius 1 is 0.960 bits per heavy atom. The average molecular weight is 341 g/mol. The van der Waals surface area contributed by atoms with E-state index in [2.05, 4.69) is 9.99 Å². The predicted molar refractivity (Wildman–Crippen MR) is 91.8 cm³/mol. The number of oxime groups is 1. The summed E-state index contributed by atoms with van der Waals surface area (Å²) in [6.45, 7) is 3.40. The van der Waals surface area contributed by atoms with Gasteiger partial charge in [-0.1, -0.05) is 65.8 Å².